The average Bonchev–Trinajstić information content (AvgIpc) is 3.94. The molecule has 7 nitrogen and oxygen atoms in total. The van der Waals surface area contributed by atoms with Crippen LogP contribution in [0.5, 0.6) is 17.2 Å². The lowest BCUT2D eigenvalue weighted by Crippen LogP contribution is -2.04. The molecular formula is C34H32N2O5. The van der Waals surface area contributed by atoms with E-state index < -0.39 is 0 Å². The molecule has 2 aliphatic rings. The smallest absolute Gasteiger partial charge is 0.162 e. The van der Waals surface area contributed by atoms with Crippen LogP contribution in [0.15, 0.2) is 101 Å². The van der Waals surface area contributed by atoms with Crippen LogP contribution in [0.25, 0.3) is 0 Å². The summed E-state index contributed by atoms with van der Waals surface area (Å²) in [4.78, 5) is 9.27. The van der Waals surface area contributed by atoms with E-state index in [-0.39, 0.29) is 12.2 Å². The Balaban J connectivity index is 1.04. The third-order valence-corrected chi connectivity index (χ3v) is 6.69. The predicted octanol–water partition coefficient (Wildman–Crippen LogP) is 6.34. The monoisotopic (exact) mass is 548 g/mol. The second-order valence-corrected chi connectivity index (χ2v) is 10.0. The molecule has 2 fully saturated rings. The van der Waals surface area contributed by atoms with Crippen molar-refractivity contribution in [2.24, 2.45) is 9.98 Å². The fourth-order valence-corrected chi connectivity index (χ4v) is 4.25. The Morgan fingerprint density at radius 3 is 2.15 bits per heavy atom. The Bertz CT molecular complexity index is 1520. The van der Waals surface area contributed by atoms with Gasteiger partial charge < -0.3 is 23.7 Å². The zero-order valence-corrected chi connectivity index (χ0v) is 22.9. The summed E-state index contributed by atoms with van der Waals surface area (Å²) in [5.41, 5.74) is 6.18. The minimum atomic E-state index is 0.195. The van der Waals surface area contributed by atoms with E-state index in [2.05, 4.69) is 58.5 Å². The molecule has 0 N–H and O–H groups in total. The highest BCUT2D eigenvalue weighted by molar-refractivity contribution is 5.83. The first-order chi connectivity index (χ1) is 20.2. The van der Waals surface area contributed by atoms with Crippen LogP contribution in [-0.2, 0) is 15.9 Å². The van der Waals surface area contributed by atoms with Gasteiger partial charge in [-0.15, -0.1) is 0 Å². The molecule has 4 aromatic carbocycles. The Morgan fingerprint density at radius 1 is 0.683 bits per heavy atom. The maximum absolute atomic E-state index is 5.78. The van der Waals surface area contributed by atoms with Gasteiger partial charge in [0.15, 0.2) is 11.5 Å². The highest BCUT2D eigenvalue weighted by Gasteiger charge is 2.24. The van der Waals surface area contributed by atoms with Crippen LogP contribution < -0.4 is 14.2 Å². The summed E-state index contributed by atoms with van der Waals surface area (Å²) in [6, 6.07) is 30.4. The summed E-state index contributed by atoms with van der Waals surface area (Å²) in [7, 11) is 1.63. The van der Waals surface area contributed by atoms with E-state index in [0.717, 1.165) is 47.9 Å². The van der Waals surface area contributed by atoms with Crippen LogP contribution in [0.4, 0.5) is 11.4 Å². The number of benzene rings is 4. The van der Waals surface area contributed by atoms with Crippen LogP contribution in [-0.4, -0.2) is 58.2 Å². The van der Waals surface area contributed by atoms with Crippen molar-refractivity contribution in [1.29, 1.82) is 0 Å². The van der Waals surface area contributed by atoms with E-state index in [0.29, 0.717) is 24.7 Å². The largest absolute Gasteiger partial charge is 0.493 e. The van der Waals surface area contributed by atoms with Crippen molar-refractivity contribution in [3.63, 3.8) is 0 Å². The Morgan fingerprint density at radius 2 is 1.39 bits per heavy atom. The van der Waals surface area contributed by atoms with Crippen LogP contribution in [0.1, 0.15) is 22.3 Å². The normalized spacial score (nSPS) is 17.6. The van der Waals surface area contributed by atoms with Gasteiger partial charge in [-0.2, -0.15) is 0 Å². The molecule has 2 unspecified atom stereocenters. The lowest BCUT2D eigenvalue weighted by molar-refractivity contribution is 0.252. The lowest BCUT2D eigenvalue weighted by atomic mass is 10.0. The molecular weight excluding hydrogens is 516 g/mol. The molecule has 0 aromatic heterocycles. The summed E-state index contributed by atoms with van der Waals surface area (Å²) >= 11 is 0. The van der Waals surface area contributed by atoms with Crippen molar-refractivity contribution < 1.29 is 23.7 Å². The maximum Gasteiger partial charge on any atom is 0.162 e. The van der Waals surface area contributed by atoms with E-state index in [4.69, 9.17) is 23.7 Å². The zero-order chi connectivity index (χ0) is 27.9. The summed E-state index contributed by atoms with van der Waals surface area (Å²) < 4.78 is 27.4. The number of nitrogens with zero attached hydrogens (tertiary/aromatic N) is 2. The van der Waals surface area contributed by atoms with Crippen molar-refractivity contribution in [3.05, 3.63) is 113 Å². The number of epoxide rings is 2. The molecule has 2 atom stereocenters. The molecule has 0 spiro atoms. The van der Waals surface area contributed by atoms with E-state index in [9.17, 15) is 0 Å². The van der Waals surface area contributed by atoms with E-state index in [1.165, 1.54) is 11.1 Å². The van der Waals surface area contributed by atoms with Gasteiger partial charge in [0.2, 0.25) is 0 Å². The van der Waals surface area contributed by atoms with Crippen LogP contribution in [0, 0.1) is 0 Å². The quantitative estimate of drug-likeness (QED) is 0.144. The highest BCUT2D eigenvalue weighted by Crippen LogP contribution is 2.32. The fourth-order valence-electron chi connectivity index (χ4n) is 4.25. The summed E-state index contributed by atoms with van der Waals surface area (Å²) in [6.07, 6.45) is 5.00. The number of rotatable bonds is 13. The number of hydrogen-bond acceptors (Lipinski definition) is 7. The van der Waals surface area contributed by atoms with Gasteiger partial charge in [0.1, 0.15) is 31.2 Å². The van der Waals surface area contributed by atoms with E-state index in [1.807, 2.05) is 54.9 Å². The standard InChI is InChI=1S/C34H32N2O5/c1-37-34-17-29(12-13-33(34)41-23-32-22-40-32)35-18-25-10-8-24(9-11-25)14-26-4-2-5-27(15-26)19-36-28-6-3-7-30(16-28)38-20-31-21-39-31/h2-13,15-19,31-32H,14,20-23H2,1H3/b35-18+,36-19?. The molecule has 208 valence electrons. The Kier molecular flexibility index (Phi) is 8.35. The van der Waals surface area contributed by atoms with Crippen LogP contribution in [0.3, 0.4) is 0 Å². The predicted molar refractivity (Wildman–Crippen MR) is 160 cm³/mol. The van der Waals surface area contributed by atoms with Crippen LogP contribution in [0.2, 0.25) is 0 Å². The summed E-state index contributed by atoms with van der Waals surface area (Å²) in [5.74, 6) is 2.16. The molecule has 7 heteroatoms. The van der Waals surface area contributed by atoms with Gasteiger partial charge in [0, 0.05) is 24.6 Å². The summed E-state index contributed by atoms with van der Waals surface area (Å²) in [5, 5.41) is 0. The minimum Gasteiger partial charge on any atom is -0.493 e. The zero-order valence-electron chi connectivity index (χ0n) is 22.9. The van der Waals surface area contributed by atoms with Crippen molar-refractivity contribution in [2.75, 3.05) is 33.5 Å². The molecule has 0 bridgehead atoms. The van der Waals surface area contributed by atoms with Crippen LogP contribution >= 0.6 is 0 Å². The molecule has 41 heavy (non-hydrogen) atoms. The highest BCUT2D eigenvalue weighted by atomic mass is 16.6. The first-order valence-electron chi connectivity index (χ1n) is 13.7. The van der Waals surface area contributed by atoms with Gasteiger partial charge in [-0.05, 0) is 59.0 Å². The summed E-state index contributed by atoms with van der Waals surface area (Å²) in [6.45, 7) is 2.66. The first kappa shape index (κ1) is 26.7. The van der Waals surface area contributed by atoms with Crippen molar-refractivity contribution in [1.82, 2.24) is 0 Å². The second-order valence-electron chi connectivity index (χ2n) is 10.0. The number of aliphatic imine (C=N–C) groups is 2. The fraction of sp³-hybridized carbons (Fsp3) is 0.235. The molecule has 2 aliphatic heterocycles. The number of methoxy groups -OCH3 is 1. The lowest BCUT2D eigenvalue weighted by Gasteiger charge is -2.10. The molecule has 6 rings (SSSR count). The SMILES string of the molecule is COc1cc(/N=C/c2ccc(Cc3cccc(C=Nc4cccc(OCC5CO5)c4)c3)cc2)ccc1OCC1CO1. The average molecular weight is 549 g/mol. The molecule has 0 aliphatic carbocycles. The molecule has 0 saturated carbocycles. The van der Waals surface area contributed by atoms with Gasteiger partial charge in [-0.3, -0.25) is 9.98 Å². The topological polar surface area (TPSA) is 77.5 Å². The van der Waals surface area contributed by atoms with Crippen molar-refractivity contribution >= 4 is 23.8 Å². The molecule has 0 amide bonds. The number of ether oxygens (including phenoxy) is 5. The third-order valence-electron chi connectivity index (χ3n) is 6.69. The van der Waals surface area contributed by atoms with Gasteiger partial charge in [0.25, 0.3) is 0 Å². The van der Waals surface area contributed by atoms with Gasteiger partial charge >= 0.3 is 0 Å². The molecule has 0 radical (unpaired) electrons. The Hall–Kier alpha value is -4.46. The van der Waals surface area contributed by atoms with Gasteiger partial charge in [-0.25, -0.2) is 0 Å². The molecule has 4 aromatic rings. The van der Waals surface area contributed by atoms with Gasteiger partial charge in [0.05, 0.1) is 31.7 Å². The van der Waals surface area contributed by atoms with E-state index >= 15 is 0 Å². The molecule has 2 heterocycles. The van der Waals surface area contributed by atoms with E-state index in [1.54, 1.807) is 7.11 Å². The minimum absolute atomic E-state index is 0.195. The third kappa shape index (κ3) is 8.03. The maximum atomic E-state index is 5.78. The van der Waals surface area contributed by atoms with Crippen molar-refractivity contribution in [3.8, 4) is 17.2 Å². The number of hydrogen-bond donors (Lipinski definition) is 0. The van der Waals surface area contributed by atoms with Gasteiger partial charge in [-0.1, -0.05) is 48.5 Å². The Labute approximate surface area is 240 Å². The molecule has 2 saturated heterocycles. The van der Waals surface area contributed by atoms with Crippen molar-refractivity contribution in [2.45, 2.75) is 18.6 Å². The first-order valence-corrected chi connectivity index (χ1v) is 13.7. The second kappa shape index (κ2) is 12.8.